The summed E-state index contributed by atoms with van der Waals surface area (Å²) in [6.07, 6.45) is 6.12. The van der Waals surface area contributed by atoms with Crippen molar-refractivity contribution < 1.29 is 14.8 Å². The first-order valence-corrected chi connectivity index (χ1v) is 7.77. The van der Waals surface area contributed by atoms with E-state index in [1.807, 2.05) is 0 Å². The van der Waals surface area contributed by atoms with E-state index in [0.717, 1.165) is 12.8 Å². The minimum Gasteiger partial charge on any atom is -0.396 e. The van der Waals surface area contributed by atoms with Crippen LogP contribution in [0.25, 0.3) is 5.69 Å². The van der Waals surface area contributed by atoms with Crippen molar-refractivity contribution >= 4 is 11.6 Å². The molecule has 8 heteroatoms. The molecule has 1 aliphatic rings. The summed E-state index contributed by atoms with van der Waals surface area (Å²) in [5, 5.41) is 20.5. The standard InChI is InChI=1S/C16H18N4O4/c21-10-12-3-6-18(7-4-12)16(22)13-1-2-14(15(9-13)20(23)24)19-8-5-17-11-19/h1-2,5,8-9,11-12,21H,3-4,6-7,10H2. The molecule has 1 aromatic carbocycles. The van der Waals surface area contributed by atoms with Crippen LogP contribution in [0.15, 0.2) is 36.9 Å². The molecule has 2 heterocycles. The Morgan fingerprint density at radius 2 is 2.12 bits per heavy atom. The van der Waals surface area contributed by atoms with E-state index >= 15 is 0 Å². The molecule has 1 amide bonds. The van der Waals surface area contributed by atoms with Crippen LogP contribution < -0.4 is 0 Å². The summed E-state index contributed by atoms with van der Waals surface area (Å²) in [6, 6.07) is 4.48. The van der Waals surface area contributed by atoms with Gasteiger partial charge in [-0.1, -0.05) is 0 Å². The Hall–Kier alpha value is -2.74. The van der Waals surface area contributed by atoms with Crippen molar-refractivity contribution in [2.45, 2.75) is 12.8 Å². The van der Waals surface area contributed by atoms with E-state index in [9.17, 15) is 14.9 Å². The van der Waals surface area contributed by atoms with Crippen molar-refractivity contribution in [3.8, 4) is 5.69 Å². The van der Waals surface area contributed by atoms with Crippen LogP contribution in [0.3, 0.4) is 0 Å². The summed E-state index contributed by atoms with van der Waals surface area (Å²) in [6.45, 7) is 1.25. The molecule has 0 bridgehead atoms. The molecular formula is C16H18N4O4. The zero-order valence-electron chi connectivity index (χ0n) is 13.0. The van der Waals surface area contributed by atoms with Gasteiger partial charge in [0.05, 0.1) is 11.3 Å². The third-order valence-corrected chi connectivity index (χ3v) is 4.36. The van der Waals surface area contributed by atoms with Gasteiger partial charge in [0.2, 0.25) is 0 Å². The molecule has 1 fully saturated rings. The molecule has 1 aromatic heterocycles. The predicted molar refractivity (Wildman–Crippen MR) is 85.9 cm³/mol. The fraction of sp³-hybridized carbons (Fsp3) is 0.375. The molecule has 3 rings (SSSR count). The third kappa shape index (κ3) is 3.13. The van der Waals surface area contributed by atoms with Crippen molar-refractivity contribution in [1.29, 1.82) is 0 Å². The second-order valence-electron chi connectivity index (χ2n) is 5.85. The van der Waals surface area contributed by atoms with E-state index in [4.69, 9.17) is 5.11 Å². The van der Waals surface area contributed by atoms with Crippen molar-refractivity contribution in [2.24, 2.45) is 5.92 Å². The maximum atomic E-state index is 12.6. The number of rotatable bonds is 4. The lowest BCUT2D eigenvalue weighted by atomic mass is 9.97. The molecule has 1 saturated heterocycles. The van der Waals surface area contributed by atoms with Crippen molar-refractivity contribution in [3.05, 3.63) is 52.6 Å². The number of nitro benzene ring substituents is 1. The van der Waals surface area contributed by atoms with Gasteiger partial charge in [-0.3, -0.25) is 14.9 Å². The molecule has 8 nitrogen and oxygen atoms in total. The number of aliphatic hydroxyl groups is 1. The van der Waals surface area contributed by atoms with Crippen LogP contribution in [0.1, 0.15) is 23.2 Å². The molecule has 0 aliphatic carbocycles. The van der Waals surface area contributed by atoms with Gasteiger partial charge in [-0.15, -0.1) is 0 Å². The van der Waals surface area contributed by atoms with E-state index in [-0.39, 0.29) is 24.1 Å². The van der Waals surface area contributed by atoms with Gasteiger partial charge in [-0.05, 0) is 30.9 Å². The first-order chi connectivity index (χ1) is 11.6. The zero-order chi connectivity index (χ0) is 17.1. The van der Waals surface area contributed by atoms with Crippen molar-refractivity contribution in [3.63, 3.8) is 0 Å². The minimum atomic E-state index is -0.496. The molecule has 2 aromatic rings. The number of likely N-dealkylation sites (tertiary alicyclic amines) is 1. The van der Waals surface area contributed by atoms with Gasteiger partial charge < -0.3 is 14.6 Å². The van der Waals surface area contributed by atoms with Gasteiger partial charge in [0.1, 0.15) is 5.69 Å². The molecule has 0 spiro atoms. The maximum absolute atomic E-state index is 12.6. The predicted octanol–water partition coefficient (Wildman–Crippen LogP) is 1.62. The number of imidazole rings is 1. The number of aromatic nitrogens is 2. The number of nitro groups is 1. The molecule has 1 aliphatic heterocycles. The number of aliphatic hydroxyl groups excluding tert-OH is 1. The normalized spacial score (nSPS) is 15.5. The number of piperidine rings is 1. The Morgan fingerprint density at radius 1 is 1.38 bits per heavy atom. The molecule has 0 radical (unpaired) electrons. The first kappa shape index (κ1) is 16.1. The summed E-state index contributed by atoms with van der Waals surface area (Å²) in [5.41, 5.74) is 0.533. The highest BCUT2D eigenvalue weighted by Crippen LogP contribution is 2.26. The van der Waals surface area contributed by atoms with Gasteiger partial charge >= 0.3 is 0 Å². The van der Waals surface area contributed by atoms with Crippen molar-refractivity contribution in [2.75, 3.05) is 19.7 Å². The fourth-order valence-corrected chi connectivity index (χ4v) is 2.92. The zero-order valence-corrected chi connectivity index (χ0v) is 13.0. The van der Waals surface area contributed by atoms with Gasteiger partial charge in [0, 0.05) is 43.7 Å². The third-order valence-electron chi connectivity index (χ3n) is 4.36. The highest BCUT2D eigenvalue weighted by atomic mass is 16.6. The Morgan fingerprint density at radius 3 is 2.71 bits per heavy atom. The maximum Gasteiger partial charge on any atom is 0.294 e. The van der Waals surface area contributed by atoms with Gasteiger partial charge in [0.15, 0.2) is 0 Å². The van der Waals surface area contributed by atoms with Crippen molar-refractivity contribution in [1.82, 2.24) is 14.5 Å². The molecule has 0 atom stereocenters. The van der Waals surface area contributed by atoms with Gasteiger partial charge in [-0.25, -0.2) is 4.98 Å². The Balaban J connectivity index is 1.85. The number of benzene rings is 1. The van der Waals surface area contributed by atoms with E-state index in [1.54, 1.807) is 27.8 Å². The van der Waals surface area contributed by atoms with Crippen LogP contribution in [0, 0.1) is 16.0 Å². The number of carbonyl (C=O) groups excluding carboxylic acids is 1. The second-order valence-corrected chi connectivity index (χ2v) is 5.85. The average molecular weight is 330 g/mol. The lowest BCUT2D eigenvalue weighted by Gasteiger charge is -2.31. The number of hydrogen-bond donors (Lipinski definition) is 1. The molecule has 0 unspecified atom stereocenters. The lowest BCUT2D eigenvalue weighted by Crippen LogP contribution is -2.39. The Labute approximate surface area is 138 Å². The van der Waals surface area contributed by atoms with Crippen LogP contribution in [-0.2, 0) is 0 Å². The summed E-state index contributed by atoms with van der Waals surface area (Å²) < 4.78 is 1.54. The molecule has 126 valence electrons. The topological polar surface area (TPSA) is 102 Å². The first-order valence-electron chi connectivity index (χ1n) is 7.77. The summed E-state index contributed by atoms with van der Waals surface area (Å²) in [5.74, 6) is 0.0127. The molecule has 0 saturated carbocycles. The van der Waals surface area contributed by atoms with E-state index in [2.05, 4.69) is 4.98 Å². The number of carbonyl (C=O) groups is 1. The van der Waals surface area contributed by atoms with Crippen LogP contribution in [0.4, 0.5) is 5.69 Å². The molecule has 24 heavy (non-hydrogen) atoms. The average Bonchev–Trinajstić information content (AvgIpc) is 3.15. The fourth-order valence-electron chi connectivity index (χ4n) is 2.92. The minimum absolute atomic E-state index is 0.132. The SMILES string of the molecule is O=C(c1ccc(-n2ccnc2)c([N+](=O)[O-])c1)N1CCC(CO)CC1. The summed E-state index contributed by atoms with van der Waals surface area (Å²) in [7, 11) is 0. The summed E-state index contributed by atoms with van der Waals surface area (Å²) in [4.78, 5) is 29.0. The number of nitrogens with zero attached hydrogens (tertiary/aromatic N) is 4. The molecular weight excluding hydrogens is 312 g/mol. The largest absolute Gasteiger partial charge is 0.396 e. The highest BCUT2D eigenvalue weighted by molar-refractivity contribution is 5.95. The van der Waals surface area contributed by atoms with E-state index < -0.39 is 4.92 Å². The quantitative estimate of drug-likeness (QED) is 0.678. The van der Waals surface area contributed by atoms with Gasteiger partial charge in [0.25, 0.3) is 11.6 Å². The van der Waals surface area contributed by atoms with Crippen LogP contribution in [0.2, 0.25) is 0 Å². The smallest absolute Gasteiger partial charge is 0.294 e. The number of hydrogen-bond acceptors (Lipinski definition) is 5. The summed E-state index contributed by atoms with van der Waals surface area (Å²) >= 11 is 0. The van der Waals surface area contributed by atoms with Gasteiger partial charge in [-0.2, -0.15) is 0 Å². The van der Waals surface area contributed by atoms with Crippen LogP contribution in [0.5, 0.6) is 0 Å². The highest BCUT2D eigenvalue weighted by Gasteiger charge is 2.25. The van der Waals surface area contributed by atoms with E-state index in [1.165, 1.54) is 18.6 Å². The number of amides is 1. The Kier molecular flexibility index (Phi) is 4.57. The Bertz CT molecular complexity index is 737. The monoisotopic (exact) mass is 330 g/mol. The second kappa shape index (κ2) is 6.79. The van der Waals surface area contributed by atoms with Crippen LogP contribution in [-0.4, -0.2) is 50.1 Å². The molecule has 1 N–H and O–H groups in total. The van der Waals surface area contributed by atoms with E-state index in [0.29, 0.717) is 24.3 Å². The lowest BCUT2D eigenvalue weighted by molar-refractivity contribution is -0.384. The van der Waals surface area contributed by atoms with Crippen LogP contribution >= 0.6 is 0 Å².